The maximum absolute atomic E-state index is 5.90. The molecule has 0 aliphatic heterocycles. The second-order valence-corrected chi connectivity index (χ2v) is 3.80. The molecular weight excluding hydrogens is 238 g/mol. The Bertz CT molecular complexity index is 673. The average molecular weight is 255 g/mol. The highest BCUT2D eigenvalue weighted by Crippen LogP contribution is 2.28. The highest BCUT2D eigenvalue weighted by Gasteiger charge is 2.14. The summed E-state index contributed by atoms with van der Waals surface area (Å²) in [6, 6.07) is 9.89. The Morgan fingerprint density at radius 3 is 2.42 bits per heavy atom. The molecule has 0 aliphatic carbocycles. The van der Waals surface area contributed by atoms with Crippen molar-refractivity contribution < 1.29 is 0 Å². The molecule has 3 rings (SSSR count). The normalized spacial score (nSPS) is 10.1. The summed E-state index contributed by atoms with van der Waals surface area (Å²) < 4.78 is 1.72. The Morgan fingerprint density at radius 2 is 1.74 bits per heavy atom. The average Bonchev–Trinajstić information content (AvgIpc) is 2.81. The Labute approximate surface area is 112 Å². The van der Waals surface area contributed by atoms with Gasteiger partial charge in [-0.1, -0.05) is 44.2 Å². The van der Waals surface area contributed by atoms with E-state index in [1.165, 1.54) is 6.33 Å². The number of nitrogen functional groups attached to an aromatic ring is 1. The minimum atomic E-state index is 0.460. The molecule has 2 N–H and O–H groups in total. The Kier molecular flexibility index (Phi) is 3.75. The van der Waals surface area contributed by atoms with E-state index in [0.29, 0.717) is 5.82 Å². The van der Waals surface area contributed by atoms with E-state index >= 15 is 0 Å². The molecule has 98 valence electrons. The van der Waals surface area contributed by atoms with Gasteiger partial charge in [-0.05, 0) is 0 Å². The van der Waals surface area contributed by atoms with Crippen molar-refractivity contribution in [3.05, 3.63) is 36.7 Å². The van der Waals surface area contributed by atoms with Crippen LogP contribution in [0.3, 0.4) is 0 Å². The molecule has 19 heavy (non-hydrogen) atoms. The van der Waals surface area contributed by atoms with Crippen LogP contribution in [0.15, 0.2) is 36.7 Å². The van der Waals surface area contributed by atoms with Gasteiger partial charge in [-0.2, -0.15) is 5.10 Å². The van der Waals surface area contributed by atoms with Gasteiger partial charge in [0.1, 0.15) is 17.8 Å². The molecule has 2 aromatic heterocycles. The van der Waals surface area contributed by atoms with Gasteiger partial charge in [-0.25, -0.2) is 14.6 Å². The number of nitrogens with two attached hydrogens (primary N) is 1. The molecule has 0 amide bonds. The minimum absolute atomic E-state index is 0.460. The molecule has 0 radical (unpaired) electrons. The van der Waals surface area contributed by atoms with Gasteiger partial charge < -0.3 is 5.73 Å². The minimum Gasteiger partial charge on any atom is -0.383 e. The molecule has 0 spiro atoms. The number of anilines is 1. The monoisotopic (exact) mass is 255 g/mol. The topological polar surface area (TPSA) is 69.6 Å². The van der Waals surface area contributed by atoms with E-state index in [1.54, 1.807) is 4.68 Å². The molecule has 2 heterocycles. The predicted molar refractivity (Wildman–Crippen MR) is 77.5 cm³/mol. The smallest absolute Gasteiger partial charge is 0.163 e. The van der Waals surface area contributed by atoms with Gasteiger partial charge in [-0.3, -0.25) is 0 Å². The van der Waals surface area contributed by atoms with Crippen LogP contribution in [0.4, 0.5) is 5.82 Å². The Morgan fingerprint density at radius 1 is 1.05 bits per heavy atom. The zero-order valence-corrected chi connectivity index (χ0v) is 11.3. The third kappa shape index (κ3) is 2.27. The fourth-order valence-corrected chi connectivity index (χ4v) is 1.91. The summed E-state index contributed by atoms with van der Waals surface area (Å²) in [5, 5.41) is 5.26. The quantitative estimate of drug-likeness (QED) is 0.725. The number of rotatable bonds is 1. The van der Waals surface area contributed by atoms with Crippen LogP contribution in [-0.4, -0.2) is 19.7 Å². The lowest BCUT2D eigenvalue weighted by Gasteiger charge is -1.98. The van der Waals surface area contributed by atoms with Crippen molar-refractivity contribution in [2.45, 2.75) is 13.8 Å². The largest absolute Gasteiger partial charge is 0.383 e. The van der Waals surface area contributed by atoms with Crippen molar-refractivity contribution >= 4 is 16.9 Å². The van der Waals surface area contributed by atoms with Gasteiger partial charge in [0, 0.05) is 12.6 Å². The second kappa shape index (κ2) is 5.48. The molecular formula is C14H17N5. The van der Waals surface area contributed by atoms with Gasteiger partial charge in [0.15, 0.2) is 5.65 Å². The van der Waals surface area contributed by atoms with Crippen molar-refractivity contribution in [2.75, 3.05) is 5.73 Å². The van der Waals surface area contributed by atoms with Crippen molar-refractivity contribution in [1.29, 1.82) is 0 Å². The standard InChI is InChI=1S/C12H11N5.C2H6/c1-17-12-9(11(13)14-7-15-12)10(16-17)8-5-3-2-4-6-8;1-2/h2-7H,1H3,(H2,13,14,15);1-2H3. The van der Waals surface area contributed by atoms with E-state index in [0.717, 1.165) is 22.3 Å². The predicted octanol–water partition coefficient (Wildman–Crippen LogP) is 2.64. The first kappa shape index (κ1) is 13.0. The summed E-state index contributed by atoms with van der Waals surface area (Å²) in [6.07, 6.45) is 1.45. The summed E-state index contributed by atoms with van der Waals surface area (Å²) in [5.74, 6) is 0.460. The first-order chi connectivity index (χ1) is 9.27. The fourth-order valence-electron chi connectivity index (χ4n) is 1.91. The molecule has 5 nitrogen and oxygen atoms in total. The van der Waals surface area contributed by atoms with Crippen LogP contribution in [0.2, 0.25) is 0 Å². The summed E-state index contributed by atoms with van der Waals surface area (Å²) >= 11 is 0. The Balaban J connectivity index is 0.000000637. The van der Waals surface area contributed by atoms with Gasteiger partial charge in [0.2, 0.25) is 0 Å². The number of hydrogen-bond acceptors (Lipinski definition) is 4. The van der Waals surface area contributed by atoms with Gasteiger partial charge >= 0.3 is 0 Å². The summed E-state index contributed by atoms with van der Waals surface area (Å²) in [4.78, 5) is 8.22. The summed E-state index contributed by atoms with van der Waals surface area (Å²) in [5.41, 5.74) is 8.48. The third-order valence-electron chi connectivity index (χ3n) is 2.70. The third-order valence-corrected chi connectivity index (χ3v) is 2.70. The van der Waals surface area contributed by atoms with Crippen molar-refractivity contribution in [3.8, 4) is 11.3 Å². The van der Waals surface area contributed by atoms with Crippen molar-refractivity contribution in [1.82, 2.24) is 19.7 Å². The zero-order valence-electron chi connectivity index (χ0n) is 11.3. The van der Waals surface area contributed by atoms with Crippen LogP contribution in [0.25, 0.3) is 22.3 Å². The number of benzene rings is 1. The van der Waals surface area contributed by atoms with Crippen LogP contribution >= 0.6 is 0 Å². The lowest BCUT2D eigenvalue weighted by Crippen LogP contribution is -1.95. The maximum atomic E-state index is 5.90. The molecule has 0 atom stereocenters. The van der Waals surface area contributed by atoms with Crippen molar-refractivity contribution in [2.24, 2.45) is 7.05 Å². The maximum Gasteiger partial charge on any atom is 0.163 e. The lowest BCUT2D eigenvalue weighted by atomic mass is 10.1. The highest BCUT2D eigenvalue weighted by atomic mass is 15.3. The van der Waals surface area contributed by atoms with Crippen LogP contribution in [0, 0.1) is 0 Å². The fraction of sp³-hybridized carbons (Fsp3) is 0.214. The van der Waals surface area contributed by atoms with Crippen LogP contribution in [-0.2, 0) is 7.05 Å². The first-order valence-electron chi connectivity index (χ1n) is 6.26. The molecule has 0 fully saturated rings. The van der Waals surface area contributed by atoms with Gasteiger partial charge in [0.05, 0.1) is 5.39 Å². The molecule has 1 aromatic carbocycles. The van der Waals surface area contributed by atoms with Gasteiger partial charge in [-0.15, -0.1) is 0 Å². The van der Waals surface area contributed by atoms with Crippen LogP contribution < -0.4 is 5.73 Å². The zero-order chi connectivity index (χ0) is 13.8. The summed E-state index contributed by atoms with van der Waals surface area (Å²) in [7, 11) is 1.85. The molecule has 5 heteroatoms. The second-order valence-electron chi connectivity index (χ2n) is 3.80. The number of hydrogen-bond donors (Lipinski definition) is 1. The van der Waals surface area contributed by atoms with Gasteiger partial charge in [0.25, 0.3) is 0 Å². The first-order valence-corrected chi connectivity index (χ1v) is 6.26. The van der Waals surface area contributed by atoms with E-state index in [4.69, 9.17) is 5.73 Å². The van der Waals surface area contributed by atoms with E-state index in [-0.39, 0.29) is 0 Å². The molecule has 0 aliphatic rings. The van der Waals surface area contributed by atoms with Crippen LogP contribution in [0.5, 0.6) is 0 Å². The molecule has 3 aromatic rings. The number of fused-ring (bicyclic) bond motifs is 1. The van der Waals surface area contributed by atoms with E-state index < -0.39 is 0 Å². The van der Waals surface area contributed by atoms with E-state index in [1.807, 2.05) is 51.2 Å². The Hall–Kier alpha value is -2.43. The molecule has 0 unspecified atom stereocenters. The highest BCUT2D eigenvalue weighted by molar-refractivity contribution is 5.98. The lowest BCUT2D eigenvalue weighted by molar-refractivity contribution is 0.789. The van der Waals surface area contributed by atoms with Crippen molar-refractivity contribution in [3.63, 3.8) is 0 Å². The number of nitrogens with zero attached hydrogens (tertiary/aromatic N) is 4. The number of aryl methyl sites for hydroxylation is 1. The van der Waals surface area contributed by atoms with E-state index in [2.05, 4.69) is 15.1 Å². The summed E-state index contributed by atoms with van der Waals surface area (Å²) in [6.45, 7) is 4.00. The van der Waals surface area contributed by atoms with E-state index in [9.17, 15) is 0 Å². The molecule has 0 saturated carbocycles. The molecule has 0 saturated heterocycles. The van der Waals surface area contributed by atoms with Crippen LogP contribution in [0.1, 0.15) is 13.8 Å². The molecule has 0 bridgehead atoms. The number of aromatic nitrogens is 4. The SMILES string of the molecule is CC.Cn1nc(-c2ccccc2)c2c(N)ncnc21.